The fraction of sp³-hybridized carbons (Fsp3) is 0.417. The summed E-state index contributed by atoms with van der Waals surface area (Å²) >= 11 is 1.36. The number of amidine groups is 1. The number of rotatable bonds is 6. The molecule has 1 amide bonds. The molecule has 2 aliphatic heterocycles. The fourth-order valence-corrected chi connectivity index (χ4v) is 8.39. The minimum absolute atomic E-state index is 0.0487. The quantitative estimate of drug-likeness (QED) is 0.614. The number of thioether (sulfide) groups is 1. The van der Waals surface area contributed by atoms with Gasteiger partial charge in [0.2, 0.25) is 0 Å². The number of carbonyl (C=O) groups excluding carboxylic acids is 1. The van der Waals surface area contributed by atoms with E-state index in [1.165, 1.54) is 23.9 Å². The van der Waals surface area contributed by atoms with Gasteiger partial charge in [0.1, 0.15) is 5.82 Å². The molecule has 2 heterocycles. The molecular weight excluding hydrogens is 461 g/mol. The molecule has 2 fully saturated rings. The molecule has 6 nitrogen and oxygen atoms in total. The Morgan fingerprint density at radius 2 is 1.85 bits per heavy atom. The summed E-state index contributed by atoms with van der Waals surface area (Å²) in [5.41, 5.74) is 3.66. The molecule has 0 bridgehead atoms. The molecule has 0 saturated carbocycles. The average molecular weight is 490 g/mol. The third-order valence-corrected chi connectivity index (χ3v) is 9.33. The summed E-state index contributed by atoms with van der Waals surface area (Å²) in [6.45, 7) is 8.00. The van der Waals surface area contributed by atoms with E-state index < -0.39 is 9.84 Å². The Kier molecular flexibility index (Phi) is 6.81. The number of fused-ring (bicyclic) bond motifs is 1. The Bertz CT molecular complexity index is 1180. The lowest BCUT2D eigenvalue weighted by Crippen LogP contribution is -2.38. The lowest BCUT2D eigenvalue weighted by Gasteiger charge is -2.28. The molecule has 2 saturated heterocycles. The van der Waals surface area contributed by atoms with Crippen molar-refractivity contribution in [1.82, 2.24) is 0 Å². The summed E-state index contributed by atoms with van der Waals surface area (Å²) in [6.07, 6.45) is 0.0612. The summed E-state index contributed by atoms with van der Waals surface area (Å²) in [6, 6.07) is 11.7. The highest BCUT2D eigenvalue weighted by Crippen LogP contribution is 2.42. The molecule has 2 aromatic rings. The first-order valence-electron chi connectivity index (χ1n) is 11.1. The predicted octanol–water partition coefficient (Wildman–Crippen LogP) is 3.82. The Balaban J connectivity index is 1.66. The van der Waals surface area contributed by atoms with Crippen LogP contribution in [-0.4, -0.2) is 55.4 Å². The van der Waals surface area contributed by atoms with E-state index in [1.807, 2.05) is 24.0 Å². The van der Waals surface area contributed by atoms with Gasteiger partial charge in [-0.25, -0.2) is 12.8 Å². The molecule has 176 valence electrons. The topological polar surface area (TPSA) is 70.0 Å². The van der Waals surface area contributed by atoms with Crippen molar-refractivity contribution >= 4 is 44.0 Å². The number of sulfone groups is 1. The molecule has 4 rings (SSSR count). The minimum Gasteiger partial charge on any atom is -0.372 e. The number of amides is 1. The lowest BCUT2D eigenvalue weighted by atomic mass is 10.1. The molecule has 0 aromatic heterocycles. The lowest BCUT2D eigenvalue weighted by molar-refractivity contribution is -0.117. The number of nitrogens with zero attached hydrogens (tertiary/aromatic N) is 3. The maximum atomic E-state index is 13.2. The van der Waals surface area contributed by atoms with Crippen LogP contribution in [0.5, 0.6) is 0 Å². The Morgan fingerprint density at radius 3 is 2.48 bits per heavy atom. The van der Waals surface area contributed by atoms with Crippen LogP contribution in [0.3, 0.4) is 0 Å². The van der Waals surface area contributed by atoms with Gasteiger partial charge in [0, 0.05) is 29.7 Å². The highest BCUT2D eigenvalue weighted by atomic mass is 32.2. The Morgan fingerprint density at radius 1 is 1.15 bits per heavy atom. The van der Waals surface area contributed by atoms with Gasteiger partial charge < -0.3 is 9.80 Å². The molecule has 33 heavy (non-hydrogen) atoms. The summed E-state index contributed by atoms with van der Waals surface area (Å²) < 4.78 is 37.9. The highest BCUT2D eigenvalue weighted by molar-refractivity contribution is 8.16. The van der Waals surface area contributed by atoms with E-state index in [0.717, 1.165) is 30.0 Å². The fourth-order valence-electron chi connectivity index (χ4n) is 4.46. The van der Waals surface area contributed by atoms with E-state index in [2.05, 4.69) is 29.8 Å². The van der Waals surface area contributed by atoms with E-state index >= 15 is 0 Å². The van der Waals surface area contributed by atoms with Gasteiger partial charge in [0.15, 0.2) is 15.0 Å². The van der Waals surface area contributed by atoms with Gasteiger partial charge in [0.25, 0.3) is 5.91 Å². The van der Waals surface area contributed by atoms with Crippen molar-refractivity contribution in [3.05, 3.63) is 59.4 Å². The van der Waals surface area contributed by atoms with Crippen LogP contribution in [0.25, 0.3) is 0 Å². The predicted molar refractivity (Wildman–Crippen MR) is 134 cm³/mol. The van der Waals surface area contributed by atoms with E-state index in [9.17, 15) is 17.6 Å². The second kappa shape index (κ2) is 9.46. The summed E-state index contributed by atoms with van der Waals surface area (Å²) in [5.74, 6) is -0.560. The van der Waals surface area contributed by atoms with Crippen molar-refractivity contribution < 1.29 is 17.6 Å². The van der Waals surface area contributed by atoms with Crippen molar-refractivity contribution in [3.63, 3.8) is 0 Å². The molecule has 2 aliphatic rings. The van der Waals surface area contributed by atoms with Crippen LogP contribution in [0, 0.1) is 12.7 Å². The van der Waals surface area contributed by atoms with E-state index in [-0.39, 0.29) is 40.9 Å². The number of aliphatic imine (C=N–C) groups is 1. The van der Waals surface area contributed by atoms with Crippen molar-refractivity contribution in [2.24, 2.45) is 4.99 Å². The van der Waals surface area contributed by atoms with Crippen LogP contribution in [0.4, 0.5) is 15.8 Å². The number of carbonyl (C=O) groups is 1. The molecule has 9 heteroatoms. The third kappa shape index (κ3) is 5.09. The normalized spacial score (nSPS) is 22.5. The van der Waals surface area contributed by atoms with Crippen molar-refractivity contribution in [2.75, 3.05) is 34.4 Å². The van der Waals surface area contributed by atoms with Crippen LogP contribution >= 0.6 is 11.8 Å². The Hall–Kier alpha value is -2.39. The summed E-state index contributed by atoms with van der Waals surface area (Å²) in [7, 11) is -3.14. The van der Waals surface area contributed by atoms with Crippen LogP contribution in [0.15, 0.2) is 47.5 Å². The molecule has 2 atom stereocenters. The molecule has 0 unspecified atom stereocenters. The molecule has 0 aliphatic carbocycles. The van der Waals surface area contributed by atoms with Gasteiger partial charge in [-0.1, -0.05) is 23.9 Å². The minimum atomic E-state index is -3.14. The van der Waals surface area contributed by atoms with Crippen molar-refractivity contribution in [3.8, 4) is 0 Å². The van der Waals surface area contributed by atoms with Gasteiger partial charge in [0.05, 0.1) is 24.0 Å². The van der Waals surface area contributed by atoms with Gasteiger partial charge >= 0.3 is 0 Å². The van der Waals surface area contributed by atoms with Crippen LogP contribution in [0.2, 0.25) is 0 Å². The summed E-state index contributed by atoms with van der Waals surface area (Å²) in [5, 5.41) is 0.375. The van der Waals surface area contributed by atoms with Gasteiger partial charge in [-0.3, -0.25) is 4.79 Å². The second-order valence-electron chi connectivity index (χ2n) is 8.40. The van der Waals surface area contributed by atoms with E-state index in [4.69, 9.17) is 0 Å². The average Bonchev–Trinajstić information content (AvgIpc) is 3.22. The van der Waals surface area contributed by atoms with Crippen molar-refractivity contribution in [1.29, 1.82) is 0 Å². The van der Waals surface area contributed by atoms with Gasteiger partial charge in [-0.15, -0.1) is 0 Å². The van der Waals surface area contributed by atoms with Crippen molar-refractivity contribution in [2.45, 2.75) is 38.5 Å². The van der Waals surface area contributed by atoms with Gasteiger partial charge in [-0.05, 0) is 62.2 Å². The molecule has 0 radical (unpaired) electrons. The first-order valence-corrected chi connectivity index (χ1v) is 13.8. The SMILES string of the molecule is CCN(CC)c1ccc(N2C(=NC(=O)Cc3ccc(F)cc3)S[C@H]3CS(=O)(=O)C[C@H]32)c(C)c1. The number of hydrogen-bond donors (Lipinski definition) is 0. The maximum Gasteiger partial charge on any atom is 0.252 e. The molecular formula is C24H28FN3O3S2. The second-order valence-corrected chi connectivity index (χ2v) is 11.8. The zero-order valence-electron chi connectivity index (χ0n) is 19.0. The summed E-state index contributed by atoms with van der Waals surface area (Å²) in [4.78, 5) is 21.3. The highest BCUT2D eigenvalue weighted by Gasteiger charge is 2.49. The third-order valence-electron chi connectivity index (χ3n) is 6.12. The standard InChI is InChI=1S/C24H28FN3O3S2/c1-4-27(5-2)19-10-11-20(16(3)12-19)28-21-14-33(30,31)15-22(21)32-24(28)26-23(29)13-17-6-8-18(25)9-7-17/h6-12,21-22H,4-5,13-15H2,1-3H3/t21-,22+/m1/s1. The number of anilines is 2. The monoisotopic (exact) mass is 489 g/mol. The zero-order valence-corrected chi connectivity index (χ0v) is 20.6. The molecule has 0 N–H and O–H groups in total. The number of halogens is 1. The maximum absolute atomic E-state index is 13.2. The first-order chi connectivity index (χ1) is 15.7. The number of hydrogen-bond acceptors (Lipinski definition) is 5. The van der Waals surface area contributed by atoms with Crippen LogP contribution in [-0.2, 0) is 21.1 Å². The van der Waals surface area contributed by atoms with Crippen LogP contribution in [0.1, 0.15) is 25.0 Å². The largest absolute Gasteiger partial charge is 0.372 e. The Labute approximate surface area is 198 Å². The van der Waals surface area contributed by atoms with Crippen LogP contribution < -0.4 is 9.80 Å². The number of aryl methyl sites for hydroxylation is 1. The first kappa shape index (κ1) is 23.8. The van der Waals surface area contributed by atoms with Gasteiger partial charge in [-0.2, -0.15) is 4.99 Å². The molecule has 2 aromatic carbocycles. The zero-order chi connectivity index (χ0) is 23.8. The van der Waals surface area contributed by atoms with E-state index in [1.54, 1.807) is 12.1 Å². The number of benzene rings is 2. The molecule has 0 spiro atoms. The smallest absolute Gasteiger partial charge is 0.252 e. The van der Waals surface area contributed by atoms with E-state index in [0.29, 0.717) is 10.7 Å².